The van der Waals surface area contributed by atoms with Crippen molar-refractivity contribution in [1.82, 2.24) is 10.2 Å². The number of nitrogens with zero attached hydrogens (tertiary/aromatic N) is 1. The van der Waals surface area contributed by atoms with Gasteiger partial charge < -0.3 is 29.5 Å². The zero-order valence-corrected chi connectivity index (χ0v) is 20.1. The van der Waals surface area contributed by atoms with Crippen molar-refractivity contribution in [2.75, 3.05) is 27.3 Å². The average molecular weight is 457 g/mol. The molecule has 0 aromatic heterocycles. The lowest BCUT2D eigenvalue weighted by atomic mass is 10.0. The van der Waals surface area contributed by atoms with Crippen LogP contribution in [0, 0.1) is 5.82 Å². The number of hydrogen-bond donors (Lipinski definition) is 2. The summed E-state index contributed by atoms with van der Waals surface area (Å²) in [5.41, 5.74) is -1.69. The van der Waals surface area contributed by atoms with Gasteiger partial charge in [-0.2, -0.15) is 0 Å². The van der Waals surface area contributed by atoms with Crippen molar-refractivity contribution in [3.63, 3.8) is 0 Å². The molecule has 32 heavy (non-hydrogen) atoms. The Morgan fingerprint density at radius 1 is 1.22 bits per heavy atom. The number of nitrogens with one attached hydrogen (secondary N) is 1. The summed E-state index contributed by atoms with van der Waals surface area (Å²) in [5.74, 6) is -0.569. The molecule has 1 aromatic rings. The van der Waals surface area contributed by atoms with Gasteiger partial charge in [-0.25, -0.2) is 9.18 Å². The van der Waals surface area contributed by atoms with Crippen LogP contribution < -0.4 is 10.1 Å². The first-order valence-electron chi connectivity index (χ1n) is 10.6. The lowest BCUT2D eigenvalue weighted by Gasteiger charge is -2.30. The minimum Gasteiger partial charge on any atom is -0.491 e. The summed E-state index contributed by atoms with van der Waals surface area (Å²) in [6.07, 6.45) is -0.660. The van der Waals surface area contributed by atoms with E-state index < -0.39 is 41.2 Å². The predicted octanol–water partition coefficient (Wildman–Crippen LogP) is 3.12. The SMILES string of the molecule is COC(C)(C)C(=O)N[C@@H](CCCN(C)C(=O)OC(C)(C)C)C(O)COc1cccc(F)c1. The first-order valence-corrected chi connectivity index (χ1v) is 10.6. The Hall–Kier alpha value is -2.39. The van der Waals surface area contributed by atoms with Gasteiger partial charge in [-0.15, -0.1) is 0 Å². The minimum atomic E-state index is -1.09. The van der Waals surface area contributed by atoms with Gasteiger partial charge in [0, 0.05) is 26.8 Å². The Morgan fingerprint density at radius 3 is 2.44 bits per heavy atom. The van der Waals surface area contributed by atoms with Crippen LogP contribution in [0.1, 0.15) is 47.5 Å². The maximum atomic E-state index is 13.3. The van der Waals surface area contributed by atoms with E-state index in [-0.39, 0.29) is 12.4 Å². The number of methoxy groups -OCH3 is 1. The molecule has 0 spiro atoms. The largest absolute Gasteiger partial charge is 0.491 e. The van der Waals surface area contributed by atoms with Crippen molar-refractivity contribution in [3.8, 4) is 5.75 Å². The molecule has 0 aliphatic heterocycles. The molecule has 1 rings (SSSR count). The van der Waals surface area contributed by atoms with Crippen LogP contribution in [-0.2, 0) is 14.3 Å². The number of benzene rings is 1. The van der Waals surface area contributed by atoms with Crippen LogP contribution in [0.4, 0.5) is 9.18 Å². The number of halogens is 1. The second-order valence-corrected chi connectivity index (χ2v) is 9.17. The summed E-state index contributed by atoms with van der Waals surface area (Å²) in [6, 6.07) is 4.92. The molecule has 1 unspecified atom stereocenters. The monoisotopic (exact) mass is 456 g/mol. The molecule has 2 amide bonds. The smallest absolute Gasteiger partial charge is 0.410 e. The van der Waals surface area contributed by atoms with Crippen molar-refractivity contribution < 1.29 is 33.3 Å². The van der Waals surface area contributed by atoms with Crippen LogP contribution >= 0.6 is 0 Å². The van der Waals surface area contributed by atoms with Crippen molar-refractivity contribution in [2.45, 2.75) is 70.8 Å². The van der Waals surface area contributed by atoms with Gasteiger partial charge >= 0.3 is 6.09 Å². The lowest BCUT2D eigenvalue weighted by Crippen LogP contribution is -2.53. The fraction of sp³-hybridized carbons (Fsp3) is 0.652. The summed E-state index contributed by atoms with van der Waals surface area (Å²) < 4.78 is 29.4. The van der Waals surface area contributed by atoms with Gasteiger partial charge in [0.05, 0.1) is 6.04 Å². The molecule has 0 saturated carbocycles. The maximum Gasteiger partial charge on any atom is 0.410 e. The van der Waals surface area contributed by atoms with Gasteiger partial charge in [-0.05, 0) is 59.6 Å². The first kappa shape index (κ1) is 27.6. The van der Waals surface area contributed by atoms with Crippen LogP contribution in [0.2, 0.25) is 0 Å². The zero-order chi connectivity index (χ0) is 24.5. The van der Waals surface area contributed by atoms with Gasteiger partial charge in [0.2, 0.25) is 0 Å². The Morgan fingerprint density at radius 2 is 1.88 bits per heavy atom. The van der Waals surface area contributed by atoms with Crippen molar-refractivity contribution in [3.05, 3.63) is 30.1 Å². The number of amides is 2. The van der Waals surface area contributed by atoms with Crippen LogP contribution in [0.15, 0.2) is 24.3 Å². The quantitative estimate of drug-likeness (QED) is 0.531. The second kappa shape index (κ2) is 12.0. The van der Waals surface area contributed by atoms with Crippen LogP contribution in [0.3, 0.4) is 0 Å². The molecule has 1 aromatic carbocycles. The Labute approximate surface area is 190 Å². The Balaban J connectivity index is 2.74. The summed E-state index contributed by atoms with van der Waals surface area (Å²) in [4.78, 5) is 26.1. The highest BCUT2D eigenvalue weighted by atomic mass is 19.1. The molecule has 8 nitrogen and oxygen atoms in total. The van der Waals surface area contributed by atoms with Gasteiger partial charge in [0.1, 0.15) is 35.5 Å². The zero-order valence-electron chi connectivity index (χ0n) is 20.1. The fourth-order valence-electron chi connectivity index (χ4n) is 2.63. The van der Waals surface area contributed by atoms with E-state index in [1.807, 2.05) is 0 Å². The molecular weight excluding hydrogens is 419 g/mol. The van der Waals surface area contributed by atoms with Crippen molar-refractivity contribution >= 4 is 12.0 Å². The van der Waals surface area contributed by atoms with E-state index >= 15 is 0 Å². The highest BCUT2D eigenvalue weighted by Gasteiger charge is 2.31. The highest BCUT2D eigenvalue weighted by Crippen LogP contribution is 2.15. The average Bonchev–Trinajstić information content (AvgIpc) is 2.69. The first-order chi connectivity index (χ1) is 14.7. The molecule has 0 aliphatic rings. The third-order valence-electron chi connectivity index (χ3n) is 4.77. The van der Waals surface area contributed by atoms with E-state index in [0.717, 1.165) is 0 Å². The number of aliphatic hydroxyl groups excluding tert-OH is 1. The molecule has 0 heterocycles. The molecule has 0 aliphatic carbocycles. The Kier molecular flexibility index (Phi) is 10.4. The predicted molar refractivity (Wildman–Crippen MR) is 119 cm³/mol. The minimum absolute atomic E-state index is 0.149. The molecule has 0 radical (unpaired) electrons. The fourth-order valence-corrected chi connectivity index (χ4v) is 2.63. The van der Waals surface area contributed by atoms with E-state index in [1.165, 1.54) is 30.2 Å². The van der Waals surface area contributed by atoms with Gasteiger partial charge in [-0.3, -0.25) is 4.79 Å². The molecule has 0 fully saturated rings. The molecule has 0 saturated heterocycles. The summed E-state index contributed by atoms with van der Waals surface area (Å²) in [5, 5.41) is 13.5. The normalized spacial score (nSPS) is 13.8. The molecular formula is C23H37FN2O6. The number of hydrogen-bond acceptors (Lipinski definition) is 6. The number of rotatable bonds is 11. The van der Waals surface area contributed by atoms with E-state index in [4.69, 9.17) is 14.2 Å². The van der Waals surface area contributed by atoms with Gasteiger partial charge in [0.25, 0.3) is 5.91 Å². The highest BCUT2D eigenvalue weighted by molar-refractivity contribution is 5.84. The van der Waals surface area contributed by atoms with Crippen LogP contribution in [-0.4, -0.2) is 72.7 Å². The van der Waals surface area contributed by atoms with Crippen molar-refractivity contribution in [1.29, 1.82) is 0 Å². The number of aliphatic hydroxyl groups is 1. The molecule has 9 heteroatoms. The van der Waals surface area contributed by atoms with Gasteiger partial charge in [-0.1, -0.05) is 6.07 Å². The number of ether oxygens (including phenoxy) is 3. The Bertz CT molecular complexity index is 750. The van der Waals surface area contributed by atoms with Crippen LogP contribution in [0.25, 0.3) is 0 Å². The van der Waals surface area contributed by atoms with Crippen molar-refractivity contribution in [2.24, 2.45) is 0 Å². The standard InChI is InChI=1S/C23H37FN2O6/c1-22(2,3)32-21(29)26(6)13-9-12-18(25-20(28)23(4,5)30-7)19(27)15-31-17-11-8-10-16(24)14-17/h8,10-11,14,18-19,27H,9,12-13,15H2,1-7H3,(H,25,28)/t18-,19?/m0/s1. The van der Waals surface area contributed by atoms with E-state index in [2.05, 4.69) is 5.32 Å². The summed E-state index contributed by atoms with van der Waals surface area (Å²) >= 11 is 0. The molecule has 2 N–H and O–H groups in total. The molecule has 2 atom stereocenters. The number of carbonyl (C=O) groups is 2. The summed E-state index contributed by atoms with van der Waals surface area (Å²) in [7, 11) is 3.05. The van der Waals surface area contributed by atoms with E-state index in [1.54, 1.807) is 47.7 Å². The molecule has 0 bridgehead atoms. The van der Waals surface area contributed by atoms with E-state index in [9.17, 15) is 19.1 Å². The van der Waals surface area contributed by atoms with Crippen LogP contribution in [0.5, 0.6) is 5.75 Å². The third kappa shape index (κ3) is 9.82. The second-order valence-electron chi connectivity index (χ2n) is 9.17. The summed E-state index contributed by atoms with van der Waals surface area (Å²) in [6.45, 7) is 8.82. The maximum absolute atomic E-state index is 13.3. The topological polar surface area (TPSA) is 97.3 Å². The van der Waals surface area contributed by atoms with E-state index in [0.29, 0.717) is 19.4 Å². The lowest BCUT2D eigenvalue weighted by molar-refractivity contribution is -0.141. The molecule has 182 valence electrons. The van der Waals surface area contributed by atoms with Gasteiger partial charge in [0.15, 0.2) is 0 Å². The third-order valence-corrected chi connectivity index (χ3v) is 4.77. The number of carbonyl (C=O) groups excluding carboxylic acids is 2.